The zero-order chi connectivity index (χ0) is 15.0. The van der Waals surface area contributed by atoms with E-state index in [1.807, 2.05) is 27.1 Å². The molecule has 1 unspecified atom stereocenters. The first-order valence-corrected chi connectivity index (χ1v) is 7.52. The summed E-state index contributed by atoms with van der Waals surface area (Å²) in [4.78, 5) is 7.04. The Morgan fingerprint density at radius 1 is 1.05 bits per heavy atom. The molecule has 2 aromatic rings. The highest BCUT2D eigenvalue weighted by Crippen LogP contribution is 2.37. The topological polar surface area (TPSA) is 15.6 Å². The minimum Gasteiger partial charge on any atom is -0.366 e. The van der Waals surface area contributed by atoms with Crippen molar-refractivity contribution < 1.29 is 0 Å². The minimum atomic E-state index is -0.0141. The summed E-state index contributed by atoms with van der Waals surface area (Å²) in [5.74, 6) is 1.09. The SMILES string of the molecule is Cc1cccc(C2N=C(N(C)C)Cc3ccccc32)c1Cl.Cl. The molecule has 0 saturated heterocycles. The smallest absolute Gasteiger partial charge is 0.104 e. The number of aryl methyl sites for hydroxylation is 1. The predicted molar refractivity (Wildman–Crippen MR) is 96.5 cm³/mol. The van der Waals surface area contributed by atoms with Crippen molar-refractivity contribution in [2.24, 2.45) is 4.99 Å². The number of halogens is 2. The van der Waals surface area contributed by atoms with Crippen molar-refractivity contribution in [1.82, 2.24) is 4.90 Å². The van der Waals surface area contributed by atoms with E-state index < -0.39 is 0 Å². The molecule has 0 amide bonds. The zero-order valence-corrected chi connectivity index (χ0v) is 14.6. The van der Waals surface area contributed by atoms with Gasteiger partial charge in [-0.25, -0.2) is 0 Å². The Morgan fingerprint density at radius 2 is 1.73 bits per heavy atom. The predicted octanol–water partition coefficient (Wildman–Crippen LogP) is 4.68. The van der Waals surface area contributed by atoms with E-state index in [9.17, 15) is 0 Å². The molecule has 2 aromatic carbocycles. The molecule has 2 nitrogen and oxygen atoms in total. The lowest BCUT2D eigenvalue weighted by molar-refractivity contribution is 0.592. The van der Waals surface area contributed by atoms with Crippen LogP contribution in [0.25, 0.3) is 0 Å². The Balaban J connectivity index is 0.00000176. The molecule has 3 rings (SSSR count). The van der Waals surface area contributed by atoms with Crippen molar-refractivity contribution >= 4 is 29.8 Å². The van der Waals surface area contributed by atoms with Gasteiger partial charge < -0.3 is 4.90 Å². The van der Waals surface area contributed by atoms with Gasteiger partial charge >= 0.3 is 0 Å². The van der Waals surface area contributed by atoms with Crippen LogP contribution >= 0.6 is 24.0 Å². The molecule has 0 aromatic heterocycles. The van der Waals surface area contributed by atoms with Gasteiger partial charge in [0, 0.05) is 25.5 Å². The highest BCUT2D eigenvalue weighted by atomic mass is 35.5. The molecule has 0 spiro atoms. The molecule has 1 aliphatic heterocycles. The third-order valence-corrected chi connectivity index (χ3v) is 4.53. The Bertz CT molecular complexity index is 708. The minimum absolute atomic E-state index is 0. The summed E-state index contributed by atoms with van der Waals surface area (Å²) in [6.45, 7) is 2.04. The van der Waals surface area contributed by atoms with Crippen LogP contribution in [0.2, 0.25) is 5.02 Å². The molecule has 1 heterocycles. The van der Waals surface area contributed by atoms with Crippen LogP contribution in [-0.2, 0) is 6.42 Å². The van der Waals surface area contributed by atoms with Crippen LogP contribution in [-0.4, -0.2) is 24.8 Å². The maximum Gasteiger partial charge on any atom is 0.104 e. The van der Waals surface area contributed by atoms with Gasteiger partial charge in [-0.1, -0.05) is 54.1 Å². The summed E-state index contributed by atoms with van der Waals surface area (Å²) in [5, 5.41) is 0.820. The number of rotatable bonds is 1. The van der Waals surface area contributed by atoms with Gasteiger partial charge in [0.05, 0.1) is 0 Å². The van der Waals surface area contributed by atoms with Crippen LogP contribution in [0.5, 0.6) is 0 Å². The molecule has 0 radical (unpaired) electrons. The highest BCUT2D eigenvalue weighted by Gasteiger charge is 2.25. The maximum absolute atomic E-state index is 6.54. The summed E-state index contributed by atoms with van der Waals surface area (Å²) in [6.07, 6.45) is 0.878. The van der Waals surface area contributed by atoms with Gasteiger partial charge in [-0.3, -0.25) is 4.99 Å². The van der Waals surface area contributed by atoms with E-state index in [2.05, 4.69) is 41.3 Å². The van der Waals surface area contributed by atoms with Crippen molar-refractivity contribution in [2.75, 3.05) is 14.1 Å². The van der Waals surface area contributed by atoms with Crippen molar-refractivity contribution in [3.8, 4) is 0 Å². The molecule has 0 bridgehead atoms. The average molecular weight is 335 g/mol. The molecular weight excluding hydrogens is 315 g/mol. The summed E-state index contributed by atoms with van der Waals surface area (Å²) < 4.78 is 0. The summed E-state index contributed by atoms with van der Waals surface area (Å²) in [7, 11) is 4.09. The molecule has 4 heteroatoms. The quantitative estimate of drug-likeness (QED) is 0.739. The summed E-state index contributed by atoms with van der Waals surface area (Å²) in [5.41, 5.74) is 4.77. The Hall–Kier alpha value is -1.51. The van der Waals surface area contributed by atoms with Gasteiger partial charge in [-0.15, -0.1) is 12.4 Å². The van der Waals surface area contributed by atoms with Crippen LogP contribution in [0, 0.1) is 6.92 Å². The van der Waals surface area contributed by atoms with E-state index in [-0.39, 0.29) is 18.4 Å². The second-order valence-electron chi connectivity index (χ2n) is 5.70. The molecule has 1 atom stereocenters. The monoisotopic (exact) mass is 334 g/mol. The van der Waals surface area contributed by atoms with E-state index in [0.29, 0.717) is 0 Å². The first-order valence-electron chi connectivity index (χ1n) is 7.14. The molecule has 1 aliphatic rings. The summed E-state index contributed by atoms with van der Waals surface area (Å²) >= 11 is 6.54. The number of aliphatic imine (C=N–C) groups is 1. The third kappa shape index (κ3) is 2.99. The van der Waals surface area contributed by atoms with Gasteiger partial charge in [0.15, 0.2) is 0 Å². The van der Waals surface area contributed by atoms with Gasteiger partial charge in [-0.05, 0) is 29.2 Å². The van der Waals surface area contributed by atoms with E-state index in [1.54, 1.807) is 0 Å². The van der Waals surface area contributed by atoms with Crippen molar-refractivity contribution in [2.45, 2.75) is 19.4 Å². The van der Waals surface area contributed by atoms with Gasteiger partial charge in [-0.2, -0.15) is 0 Å². The van der Waals surface area contributed by atoms with Crippen molar-refractivity contribution in [1.29, 1.82) is 0 Å². The second-order valence-corrected chi connectivity index (χ2v) is 6.07. The molecule has 22 heavy (non-hydrogen) atoms. The molecule has 116 valence electrons. The van der Waals surface area contributed by atoms with Crippen LogP contribution in [0.15, 0.2) is 47.5 Å². The third-order valence-electron chi connectivity index (χ3n) is 4.01. The fourth-order valence-electron chi connectivity index (χ4n) is 2.79. The van der Waals surface area contributed by atoms with Crippen LogP contribution in [0.3, 0.4) is 0 Å². The average Bonchev–Trinajstić information content (AvgIpc) is 2.49. The maximum atomic E-state index is 6.54. The zero-order valence-electron chi connectivity index (χ0n) is 13.0. The second kappa shape index (κ2) is 6.72. The number of nitrogens with zero attached hydrogens (tertiary/aromatic N) is 2. The molecule has 0 aliphatic carbocycles. The molecule has 0 fully saturated rings. The van der Waals surface area contributed by atoms with E-state index in [4.69, 9.17) is 16.6 Å². The molecular formula is C18H20Cl2N2. The Kier molecular flexibility index (Phi) is 5.15. The molecule has 0 saturated carbocycles. The number of amidine groups is 1. The Labute approximate surface area is 143 Å². The van der Waals surface area contributed by atoms with Gasteiger partial charge in [0.1, 0.15) is 11.9 Å². The first kappa shape index (κ1) is 16.9. The fraction of sp³-hybridized carbons (Fsp3) is 0.278. The van der Waals surface area contributed by atoms with Gasteiger partial charge in [0.25, 0.3) is 0 Å². The van der Waals surface area contributed by atoms with E-state index in [1.165, 1.54) is 11.1 Å². The largest absolute Gasteiger partial charge is 0.366 e. The highest BCUT2D eigenvalue weighted by molar-refractivity contribution is 6.32. The van der Waals surface area contributed by atoms with E-state index >= 15 is 0 Å². The number of hydrogen-bond acceptors (Lipinski definition) is 2. The number of hydrogen-bond donors (Lipinski definition) is 0. The lowest BCUT2D eigenvalue weighted by Gasteiger charge is -2.28. The molecule has 0 N–H and O–H groups in total. The number of likely N-dealkylation sites (N-methyl/N-ethyl adjacent to an activating group) is 1. The van der Waals surface area contributed by atoms with Crippen LogP contribution in [0.1, 0.15) is 28.3 Å². The van der Waals surface area contributed by atoms with Crippen LogP contribution in [0.4, 0.5) is 0 Å². The summed E-state index contributed by atoms with van der Waals surface area (Å²) in [6, 6.07) is 14.7. The number of fused-ring (bicyclic) bond motifs is 1. The first-order chi connectivity index (χ1) is 10.1. The Morgan fingerprint density at radius 3 is 2.45 bits per heavy atom. The van der Waals surface area contributed by atoms with Crippen molar-refractivity contribution in [3.05, 3.63) is 69.7 Å². The van der Waals surface area contributed by atoms with Gasteiger partial charge in [0.2, 0.25) is 0 Å². The normalized spacial score (nSPS) is 16.4. The lowest BCUT2D eigenvalue weighted by atomic mass is 9.90. The standard InChI is InChI=1S/C18H19ClN2.ClH/c1-12-7-6-10-15(17(12)19)18-14-9-5-4-8-13(14)11-16(20-18)21(2)3;/h4-10,18H,11H2,1-3H3;1H. The van der Waals surface area contributed by atoms with Crippen molar-refractivity contribution in [3.63, 3.8) is 0 Å². The lowest BCUT2D eigenvalue weighted by Crippen LogP contribution is -2.28. The van der Waals surface area contributed by atoms with Crippen LogP contribution < -0.4 is 0 Å². The van der Waals surface area contributed by atoms with E-state index in [0.717, 1.165) is 28.4 Å². The fourth-order valence-corrected chi connectivity index (χ4v) is 3.02. The number of benzene rings is 2.